The molecule has 1 saturated heterocycles. The molecular weight excluding hydrogens is 206 g/mol. The molecule has 2 amide bonds. The molecule has 0 bridgehead atoms. The number of imide groups is 1. The van der Waals surface area contributed by atoms with E-state index in [4.69, 9.17) is 4.74 Å². The second-order valence-electron chi connectivity index (χ2n) is 4.58. The highest BCUT2D eigenvalue weighted by atomic mass is 16.5. The van der Waals surface area contributed by atoms with Crippen molar-refractivity contribution in [2.24, 2.45) is 11.3 Å². The molecule has 1 N–H and O–H groups in total. The van der Waals surface area contributed by atoms with Crippen molar-refractivity contribution in [3.05, 3.63) is 0 Å². The third-order valence-electron chi connectivity index (χ3n) is 3.54. The van der Waals surface area contributed by atoms with Gasteiger partial charge in [-0.2, -0.15) is 0 Å². The van der Waals surface area contributed by atoms with E-state index in [1.807, 2.05) is 6.92 Å². The minimum Gasteiger partial charge on any atom is -0.384 e. The molecule has 0 aromatic heterocycles. The Hall–Kier alpha value is -0.900. The molecule has 0 saturated carbocycles. The van der Waals surface area contributed by atoms with Crippen LogP contribution in [-0.4, -0.2) is 25.5 Å². The average molecular weight is 227 g/mol. The Labute approximate surface area is 96.7 Å². The molecule has 1 aliphatic heterocycles. The van der Waals surface area contributed by atoms with Gasteiger partial charge in [0.1, 0.15) is 0 Å². The van der Waals surface area contributed by atoms with Crippen LogP contribution in [-0.2, 0) is 14.3 Å². The minimum absolute atomic E-state index is 0.0971. The molecule has 4 nitrogen and oxygen atoms in total. The molecule has 92 valence electrons. The first-order valence-electron chi connectivity index (χ1n) is 5.92. The van der Waals surface area contributed by atoms with Gasteiger partial charge in [0.25, 0.3) is 0 Å². The number of carbonyl (C=O) groups excluding carboxylic acids is 2. The summed E-state index contributed by atoms with van der Waals surface area (Å²) >= 11 is 0. The van der Waals surface area contributed by atoms with Gasteiger partial charge in [0.15, 0.2) is 0 Å². The van der Waals surface area contributed by atoms with E-state index in [-0.39, 0.29) is 23.1 Å². The van der Waals surface area contributed by atoms with Crippen LogP contribution >= 0.6 is 0 Å². The average Bonchev–Trinajstić information content (AvgIpc) is 2.23. The lowest BCUT2D eigenvalue weighted by Gasteiger charge is -2.41. The molecule has 2 unspecified atom stereocenters. The second kappa shape index (κ2) is 5.43. The molecule has 1 fully saturated rings. The lowest BCUT2D eigenvalue weighted by molar-refractivity contribution is -0.147. The Balaban J connectivity index is 2.95. The van der Waals surface area contributed by atoms with Gasteiger partial charge in [0.05, 0.1) is 6.61 Å². The Morgan fingerprint density at radius 1 is 1.44 bits per heavy atom. The van der Waals surface area contributed by atoms with Crippen LogP contribution in [0.25, 0.3) is 0 Å². The number of methoxy groups -OCH3 is 1. The minimum atomic E-state index is -0.301. The highest BCUT2D eigenvalue weighted by Gasteiger charge is 2.46. The monoisotopic (exact) mass is 227 g/mol. The molecule has 0 aliphatic carbocycles. The van der Waals surface area contributed by atoms with Crippen LogP contribution in [0.4, 0.5) is 0 Å². The van der Waals surface area contributed by atoms with E-state index < -0.39 is 0 Å². The summed E-state index contributed by atoms with van der Waals surface area (Å²) in [7, 11) is 1.62. The number of nitrogens with one attached hydrogen (secondary N) is 1. The van der Waals surface area contributed by atoms with Gasteiger partial charge >= 0.3 is 0 Å². The van der Waals surface area contributed by atoms with E-state index in [0.717, 1.165) is 19.3 Å². The summed E-state index contributed by atoms with van der Waals surface area (Å²) in [6.07, 6.45) is 2.95. The molecule has 0 aromatic rings. The van der Waals surface area contributed by atoms with Crippen LogP contribution in [0.2, 0.25) is 0 Å². The summed E-state index contributed by atoms with van der Waals surface area (Å²) in [4.78, 5) is 23.3. The van der Waals surface area contributed by atoms with E-state index in [0.29, 0.717) is 13.0 Å². The van der Waals surface area contributed by atoms with Gasteiger partial charge in [0, 0.05) is 24.9 Å². The summed E-state index contributed by atoms with van der Waals surface area (Å²) < 4.78 is 5.22. The fourth-order valence-electron chi connectivity index (χ4n) is 2.63. The largest absolute Gasteiger partial charge is 0.384 e. The first kappa shape index (κ1) is 13.2. The van der Waals surface area contributed by atoms with Crippen molar-refractivity contribution in [3.8, 4) is 0 Å². The summed E-state index contributed by atoms with van der Waals surface area (Å²) in [6, 6.07) is 0. The van der Waals surface area contributed by atoms with Crippen LogP contribution in [0.15, 0.2) is 0 Å². The molecular formula is C12H21NO3. The maximum absolute atomic E-state index is 11.9. The predicted molar refractivity (Wildman–Crippen MR) is 60.8 cm³/mol. The standard InChI is InChI=1S/C12H21NO3/c1-4-6-9-11(15)13-10(14)7-12(9,5-2)8-16-3/h9H,4-8H2,1-3H3,(H,13,14,15). The molecule has 4 heteroatoms. The molecule has 0 spiro atoms. The molecule has 16 heavy (non-hydrogen) atoms. The van der Waals surface area contributed by atoms with Crippen LogP contribution < -0.4 is 5.32 Å². The van der Waals surface area contributed by atoms with E-state index >= 15 is 0 Å². The zero-order chi connectivity index (χ0) is 12.2. The molecule has 1 heterocycles. The van der Waals surface area contributed by atoms with Crippen LogP contribution in [0.5, 0.6) is 0 Å². The van der Waals surface area contributed by atoms with Gasteiger partial charge in [-0.1, -0.05) is 20.3 Å². The highest BCUT2D eigenvalue weighted by molar-refractivity contribution is 5.99. The number of ether oxygens (including phenoxy) is 1. The summed E-state index contributed by atoms with van der Waals surface area (Å²) in [5.41, 5.74) is -0.301. The molecule has 1 aliphatic rings. The van der Waals surface area contributed by atoms with E-state index in [1.165, 1.54) is 0 Å². The zero-order valence-electron chi connectivity index (χ0n) is 10.3. The molecule has 0 aromatic carbocycles. The highest BCUT2D eigenvalue weighted by Crippen LogP contribution is 2.41. The number of carbonyl (C=O) groups is 2. The zero-order valence-corrected chi connectivity index (χ0v) is 10.3. The Morgan fingerprint density at radius 3 is 2.62 bits per heavy atom. The summed E-state index contributed by atoms with van der Waals surface area (Å²) in [5.74, 6) is -0.395. The van der Waals surface area contributed by atoms with Gasteiger partial charge < -0.3 is 4.74 Å². The first-order valence-corrected chi connectivity index (χ1v) is 5.92. The van der Waals surface area contributed by atoms with Gasteiger partial charge in [-0.25, -0.2) is 0 Å². The van der Waals surface area contributed by atoms with Crippen molar-refractivity contribution in [2.75, 3.05) is 13.7 Å². The number of piperidine rings is 1. The normalized spacial score (nSPS) is 30.3. The van der Waals surface area contributed by atoms with Crippen molar-refractivity contribution >= 4 is 11.8 Å². The van der Waals surface area contributed by atoms with E-state index in [1.54, 1.807) is 7.11 Å². The third kappa shape index (κ3) is 2.43. The fourth-order valence-corrected chi connectivity index (χ4v) is 2.63. The Bertz CT molecular complexity index is 277. The van der Waals surface area contributed by atoms with Crippen molar-refractivity contribution < 1.29 is 14.3 Å². The summed E-state index contributed by atoms with van der Waals surface area (Å²) in [6.45, 7) is 4.55. The molecule has 2 atom stereocenters. The van der Waals surface area contributed by atoms with Gasteiger partial charge in [-0.05, 0) is 12.8 Å². The lowest BCUT2D eigenvalue weighted by Crippen LogP contribution is -2.53. The fraction of sp³-hybridized carbons (Fsp3) is 0.833. The molecule has 1 rings (SSSR count). The van der Waals surface area contributed by atoms with Crippen LogP contribution in [0, 0.1) is 11.3 Å². The molecule has 0 radical (unpaired) electrons. The Morgan fingerprint density at radius 2 is 2.12 bits per heavy atom. The predicted octanol–water partition coefficient (Wildman–Crippen LogP) is 1.49. The van der Waals surface area contributed by atoms with Crippen LogP contribution in [0.3, 0.4) is 0 Å². The van der Waals surface area contributed by atoms with Crippen molar-refractivity contribution in [1.29, 1.82) is 0 Å². The van der Waals surface area contributed by atoms with Gasteiger partial charge in [0.2, 0.25) is 11.8 Å². The third-order valence-corrected chi connectivity index (χ3v) is 3.54. The smallest absolute Gasteiger partial charge is 0.230 e. The van der Waals surface area contributed by atoms with Crippen molar-refractivity contribution in [1.82, 2.24) is 5.32 Å². The topological polar surface area (TPSA) is 55.4 Å². The van der Waals surface area contributed by atoms with Crippen molar-refractivity contribution in [3.63, 3.8) is 0 Å². The van der Waals surface area contributed by atoms with Crippen molar-refractivity contribution in [2.45, 2.75) is 39.5 Å². The first-order chi connectivity index (χ1) is 7.59. The van der Waals surface area contributed by atoms with Crippen LogP contribution in [0.1, 0.15) is 39.5 Å². The van der Waals surface area contributed by atoms with E-state index in [2.05, 4.69) is 12.2 Å². The number of hydrogen-bond acceptors (Lipinski definition) is 3. The maximum atomic E-state index is 11.9. The number of hydrogen-bond donors (Lipinski definition) is 1. The number of rotatable bonds is 5. The Kier molecular flexibility index (Phi) is 4.47. The van der Waals surface area contributed by atoms with Gasteiger partial charge in [-0.3, -0.25) is 14.9 Å². The summed E-state index contributed by atoms with van der Waals surface area (Å²) in [5, 5.41) is 2.43. The second-order valence-corrected chi connectivity index (χ2v) is 4.58. The number of amides is 2. The SMILES string of the molecule is CCCC1C(=O)NC(=O)CC1(CC)COC. The maximum Gasteiger partial charge on any atom is 0.230 e. The lowest BCUT2D eigenvalue weighted by atomic mass is 9.67. The van der Waals surface area contributed by atoms with Gasteiger partial charge in [-0.15, -0.1) is 0 Å². The van der Waals surface area contributed by atoms with E-state index in [9.17, 15) is 9.59 Å². The quantitative estimate of drug-likeness (QED) is 0.724.